The minimum absolute atomic E-state index is 0.277. The molecule has 1 aliphatic rings. The lowest BCUT2D eigenvalue weighted by Crippen LogP contribution is -2.22. The summed E-state index contributed by atoms with van der Waals surface area (Å²) >= 11 is 0. The third-order valence-corrected chi connectivity index (χ3v) is 4.90. The molecule has 148 valence electrons. The van der Waals surface area contributed by atoms with Crippen molar-refractivity contribution in [3.8, 4) is 11.5 Å². The third kappa shape index (κ3) is 3.96. The molecule has 0 radical (unpaired) electrons. The van der Waals surface area contributed by atoms with E-state index in [0.29, 0.717) is 28.5 Å². The summed E-state index contributed by atoms with van der Waals surface area (Å²) in [7, 11) is 0. The summed E-state index contributed by atoms with van der Waals surface area (Å²) < 4.78 is 5.14. The molecule has 0 bridgehead atoms. The minimum atomic E-state index is -0.535. The first-order valence-corrected chi connectivity index (χ1v) is 9.42. The molecule has 0 atom stereocenters. The van der Waals surface area contributed by atoms with Crippen LogP contribution in [0.15, 0.2) is 47.0 Å². The minimum Gasteiger partial charge on any atom is -0.370 e. The van der Waals surface area contributed by atoms with Gasteiger partial charge < -0.3 is 20.5 Å². The molecular formula is C21H21N5O3. The van der Waals surface area contributed by atoms with Crippen LogP contribution in [0.3, 0.4) is 0 Å². The van der Waals surface area contributed by atoms with Crippen molar-refractivity contribution in [3.63, 3.8) is 0 Å². The summed E-state index contributed by atoms with van der Waals surface area (Å²) in [5.74, 6) is 0.138. The topological polar surface area (TPSA) is 114 Å². The van der Waals surface area contributed by atoms with E-state index in [1.54, 1.807) is 43.3 Å². The van der Waals surface area contributed by atoms with E-state index < -0.39 is 5.91 Å². The van der Waals surface area contributed by atoms with E-state index in [1.165, 1.54) is 0 Å². The average molecular weight is 391 g/mol. The number of nitrogens with zero attached hydrogens (tertiary/aromatic N) is 3. The van der Waals surface area contributed by atoms with Crippen LogP contribution >= 0.6 is 0 Å². The molecule has 29 heavy (non-hydrogen) atoms. The molecule has 8 heteroatoms. The zero-order valence-corrected chi connectivity index (χ0v) is 16.0. The lowest BCUT2D eigenvalue weighted by molar-refractivity contribution is 0.0996. The third-order valence-electron chi connectivity index (χ3n) is 4.90. The molecule has 0 unspecified atom stereocenters. The summed E-state index contributed by atoms with van der Waals surface area (Å²) in [5, 5.41) is 6.69. The van der Waals surface area contributed by atoms with Crippen LogP contribution in [-0.4, -0.2) is 35.0 Å². The van der Waals surface area contributed by atoms with Gasteiger partial charge in [0, 0.05) is 29.8 Å². The first-order chi connectivity index (χ1) is 14.0. The maximum absolute atomic E-state index is 12.8. The number of nitrogens with two attached hydrogens (primary N) is 1. The smallest absolute Gasteiger partial charge is 0.257 e. The predicted octanol–water partition coefficient (Wildman–Crippen LogP) is 3.00. The Morgan fingerprint density at radius 2 is 1.76 bits per heavy atom. The Kier molecular flexibility index (Phi) is 4.99. The van der Waals surface area contributed by atoms with Crippen molar-refractivity contribution in [1.82, 2.24) is 10.1 Å². The van der Waals surface area contributed by atoms with Gasteiger partial charge in [-0.05, 0) is 62.2 Å². The van der Waals surface area contributed by atoms with Crippen molar-refractivity contribution in [2.45, 2.75) is 19.8 Å². The molecule has 1 saturated heterocycles. The second-order valence-electron chi connectivity index (χ2n) is 6.97. The molecule has 2 aromatic carbocycles. The number of primary amides is 1. The Balaban J connectivity index is 1.58. The van der Waals surface area contributed by atoms with Gasteiger partial charge in [0.15, 0.2) is 5.82 Å². The Morgan fingerprint density at radius 3 is 2.38 bits per heavy atom. The van der Waals surface area contributed by atoms with Crippen molar-refractivity contribution < 1.29 is 14.1 Å². The van der Waals surface area contributed by atoms with Gasteiger partial charge in [0.25, 0.3) is 11.8 Å². The number of anilines is 2. The number of carbonyl (C=O) groups is 2. The van der Waals surface area contributed by atoms with Gasteiger partial charge in [-0.15, -0.1) is 0 Å². The van der Waals surface area contributed by atoms with Crippen molar-refractivity contribution >= 4 is 23.2 Å². The number of carbonyl (C=O) groups excluding carboxylic acids is 2. The average Bonchev–Trinajstić information content (AvgIpc) is 3.40. The molecular weight excluding hydrogens is 370 g/mol. The van der Waals surface area contributed by atoms with Crippen LogP contribution in [0, 0.1) is 6.92 Å². The fraction of sp³-hybridized carbons (Fsp3) is 0.238. The Labute approximate surface area is 167 Å². The largest absolute Gasteiger partial charge is 0.370 e. The molecule has 0 saturated carbocycles. The first kappa shape index (κ1) is 18.7. The number of rotatable bonds is 5. The van der Waals surface area contributed by atoms with Crippen molar-refractivity contribution in [3.05, 3.63) is 59.4 Å². The van der Waals surface area contributed by atoms with E-state index >= 15 is 0 Å². The predicted molar refractivity (Wildman–Crippen MR) is 109 cm³/mol. The standard InChI is InChI=1S/C21H21N5O3/c1-13-23-21(29-25-13)15-6-4-14(5-7-15)20(28)24-17-12-16(19(22)27)8-9-18(17)26-10-2-3-11-26/h4-9,12H,2-3,10-11H2,1H3,(H2,22,27)(H,24,28). The van der Waals surface area contributed by atoms with Gasteiger partial charge in [0.1, 0.15) is 0 Å². The summed E-state index contributed by atoms with van der Waals surface area (Å²) in [5.41, 5.74) is 8.44. The van der Waals surface area contributed by atoms with Crippen LogP contribution in [-0.2, 0) is 0 Å². The molecule has 3 N–H and O–H groups in total. The van der Waals surface area contributed by atoms with Crippen LogP contribution in [0.5, 0.6) is 0 Å². The summed E-state index contributed by atoms with van der Waals surface area (Å²) in [6, 6.07) is 12.0. The molecule has 0 spiro atoms. The van der Waals surface area contributed by atoms with Crippen LogP contribution in [0.25, 0.3) is 11.5 Å². The van der Waals surface area contributed by atoms with E-state index in [-0.39, 0.29) is 5.91 Å². The van der Waals surface area contributed by atoms with Crippen LogP contribution in [0.4, 0.5) is 11.4 Å². The highest BCUT2D eigenvalue weighted by molar-refractivity contribution is 6.07. The summed E-state index contributed by atoms with van der Waals surface area (Å²) in [4.78, 5) is 30.8. The Bertz CT molecular complexity index is 1050. The second-order valence-corrected chi connectivity index (χ2v) is 6.97. The van der Waals surface area contributed by atoms with E-state index in [4.69, 9.17) is 10.3 Å². The van der Waals surface area contributed by atoms with Crippen molar-refractivity contribution in [1.29, 1.82) is 0 Å². The molecule has 1 fully saturated rings. The van der Waals surface area contributed by atoms with Gasteiger partial charge in [-0.25, -0.2) is 0 Å². The fourth-order valence-corrected chi connectivity index (χ4v) is 3.40. The number of amides is 2. The Hall–Kier alpha value is -3.68. The molecule has 4 rings (SSSR count). The van der Waals surface area contributed by atoms with Crippen LogP contribution in [0.1, 0.15) is 39.4 Å². The molecule has 0 aliphatic carbocycles. The lowest BCUT2D eigenvalue weighted by atomic mass is 10.1. The van der Waals surface area contributed by atoms with Crippen LogP contribution < -0.4 is 16.0 Å². The zero-order chi connectivity index (χ0) is 20.4. The maximum Gasteiger partial charge on any atom is 0.257 e. The number of aryl methyl sites for hydroxylation is 1. The summed E-state index contributed by atoms with van der Waals surface area (Å²) in [6.07, 6.45) is 2.20. The van der Waals surface area contributed by atoms with Crippen molar-refractivity contribution in [2.75, 3.05) is 23.3 Å². The van der Waals surface area contributed by atoms with Gasteiger partial charge in [-0.1, -0.05) is 5.16 Å². The molecule has 2 amide bonds. The van der Waals surface area contributed by atoms with E-state index in [1.807, 2.05) is 6.07 Å². The number of benzene rings is 2. The summed E-state index contributed by atoms with van der Waals surface area (Å²) in [6.45, 7) is 3.57. The van der Waals surface area contributed by atoms with E-state index in [0.717, 1.165) is 37.2 Å². The van der Waals surface area contributed by atoms with Crippen molar-refractivity contribution in [2.24, 2.45) is 5.73 Å². The van der Waals surface area contributed by atoms with E-state index in [9.17, 15) is 9.59 Å². The van der Waals surface area contributed by atoms with Gasteiger partial charge in [0.05, 0.1) is 11.4 Å². The zero-order valence-electron chi connectivity index (χ0n) is 16.0. The monoisotopic (exact) mass is 391 g/mol. The van der Waals surface area contributed by atoms with Gasteiger partial charge in [0.2, 0.25) is 5.91 Å². The number of hydrogen-bond donors (Lipinski definition) is 2. The Morgan fingerprint density at radius 1 is 1.07 bits per heavy atom. The SMILES string of the molecule is Cc1noc(-c2ccc(C(=O)Nc3cc(C(N)=O)ccc3N3CCCC3)cc2)n1. The molecule has 2 heterocycles. The molecule has 1 aliphatic heterocycles. The molecule has 8 nitrogen and oxygen atoms in total. The quantitative estimate of drug-likeness (QED) is 0.691. The normalized spacial score (nSPS) is 13.5. The van der Waals surface area contributed by atoms with E-state index in [2.05, 4.69) is 20.4 Å². The molecule has 1 aromatic heterocycles. The number of aromatic nitrogens is 2. The number of hydrogen-bond acceptors (Lipinski definition) is 6. The lowest BCUT2D eigenvalue weighted by Gasteiger charge is -2.22. The van der Waals surface area contributed by atoms with Gasteiger partial charge in [-0.3, -0.25) is 9.59 Å². The van der Waals surface area contributed by atoms with Gasteiger partial charge >= 0.3 is 0 Å². The maximum atomic E-state index is 12.8. The number of nitrogens with one attached hydrogen (secondary N) is 1. The molecule has 3 aromatic rings. The highest BCUT2D eigenvalue weighted by Gasteiger charge is 2.19. The highest BCUT2D eigenvalue weighted by atomic mass is 16.5. The first-order valence-electron chi connectivity index (χ1n) is 9.42. The van der Waals surface area contributed by atoms with Crippen LogP contribution in [0.2, 0.25) is 0 Å². The highest BCUT2D eigenvalue weighted by Crippen LogP contribution is 2.30. The van der Waals surface area contributed by atoms with Gasteiger partial charge in [-0.2, -0.15) is 4.98 Å². The fourth-order valence-electron chi connectivity index (χ4n) is 3.40. The second kappa shape index (κ2) is 7.75.